The molecule has 1 heterocycles. The quantitative estimate of drug-likeness (QED) is 0.861. The Bertz CT molecular complexity index is 386. The van der Waals surface area contributed by atoms with Gasteiger partial charge in [-0.2, -0.15) is 5.10 Å². The van der Waals surface area contributed by atoms with E-state index >= 15 is 0 Å². The molecule has 0 saturated heterocycles. The molecular weight excluding hydrogens is 214 g/mol. The van der Waals surface area contributed by atoms with Crippen LogP contribution in [-0.2, 0) is 17.8 Å². The number of carbonyl (C=O) groups excluding carboxylic acids is 1. The third kappa shape index (κ3) is 2.94. The Morgan fingerprint density at radius 3 is 2.94 bits per heavy atom. The first-order valence-electron chi connectivity index (χ1n) is 6.50. The topological polar surface area (TPSA) is 60.9 Å². The van der Waals surface area contributed by atoms with Crippen molar-refractivity contribution in [2.45, 2.75) is 51.6 Å². The number of ketones is 1. The van der Waals surface area contributed by atoms with Gasteiger partial charge in [0, 0.05) is 31.1 Å². The van der Waals surface area contributed by atoms with Gasteiger partial charge >= 0.3 is 0 Å². The summed E-state index contributed by atoms with van der Waals surface area (Å²) in [4.78, 5) is 12.2. The van der Waals surface area contributed by atoms with Crippen LogP contribution >= 0.6 is 0 Å². The van der Waals surface area contributed by atoms with Crippen LogP contribution in [0.4, 0.5) is 0 Å². The van der Waals surface area contributed by atoms with Crippen molar-refractivity contribution in [3.05, 3.63) is 18.0 Å². The van der Waals surface area contributed by atoms with E-state index in [0.717, 1.165) is 31.4 Å². The van der Waals surface area contributed by atoms with Gasteiger partial charge in [-0.3, -0.25) is 9.48 Å². The minimum absolute atomic E-state index is 0.0636. The van der Waals surface area contributed by atoms with E-state index in [4.69, 9.17) is 5.73 Å². The van der Waals surface area contributed by atoms with Gasteiger partial charge in [0.1, 0.15) is 5.78 Å². The average Bonchev–Trinajstić information content (AvgIpc) is 2.77. The predicted molar refractivity (Wildman–Crippen MR) is 66.5 cm³/mol. The highest BCUT2D eigenvalue weighted by molar-refractivity contribution is 5.83. The van der Waals surface area contributed by atoms with E-state index in [9.17, 15) is 4.79 Å². The highest BCUT2D eigenvalue weighted by Gasteiger charge is 2.28. The summed E-state index contributed by atoms with van der Waals surface area (Å²) in [5, 5.41) is 4.19. The normalized spacial score (nSPS) is 24.8. The monoisotopic (exact) mass is 235 g/mol. The fourth-order valence-electron chi connectivity index (χ4n) is 2.56. The molecule has 1 aliphatic rings. The molecule has 0 spiro atoms. The molecule has 0 bridgehead atoms. The molecule has 0 aliphatic heterocycles. The molecule has 0 amide bonds. The number of hydrogen-bond acceptors (Lipinski definition) is 3. The average molecular weight is 235 g/mol. The van der Waals surface area contributed by atoms with Crippen molar-refractivity contribution >= 4 is 5.78 Å². The number of aromatic nitrogens is 2. The Balaban J connectivity index is 1.95. The van der Waals surface area contributed by atoms with Gasteiger partial charge in [0.15, 0.2) is 0 Å². The summed E-state index contributed by atoms with van der Waals surface area (Å²) in [5.74, 6) is 0.349. The molecular formula is C13H21N3O. The van der Waals surface area contributed by atoms with E-state index < -0.39 is 0 Å². The fraction of sp³-hybridized carbons (Fsp3) is 0.692. The first kappa shape index (κ1) is 12.3. The van der Waals surface area contributed by atoms with Gasteiger partial charge in [-0.05, 0) is 25.3 Å². The first-order chi connectivity index (χ1) is 8.20. The molecule has 4 heteroatoms. The van der Waals surface area contributed by atoms with Crippen LogP contribution in [0, 0.1) is 5.92 Å². The summed E-state index contributed by atoms with van der Waals surface area (Å²) in [7, 11) is 0. The van der Waals surface area contributed by atoms with Crippen LogP contribution in [0.5, 0.6) is 0 Å². The van der Waals surface area contributed by atoms with E-state index in [0.29, 0.717) is 6.42 Å². The molecule has 2 unspecified atom stereocenters. The third-order valence-corrected chi connectivity index (χ3v) is 3.62. The van der Waals surface area contributed by atoms with Crippen molar-refractivity contribution in [2.24, 2.45) is 11.7 Å². The lowest BCUT2D eigenvalue weighted by atomic mass is 9.81. The van der Waals surface area contributed by atoms with Crippen LogP contribution in [0.1, 0.15) is 38.2 Å². The molecule has 4 nitrogen and oxygen atoms in total. The van der Waals surface area contributed by atoms with Crippen molar-refractivity contribution in [3.8, 4) is 0 Å². The SMILES string of the molecule is CCn1cc(CC(=O)C2CCCCC2N)cn1. The fourth-order valence-corrected chi connectivity index (χ4v) is 2.56. The Labute approximate surface area is 102 Å². The molecule has 1 aromatic rings. The van der Waals surface area contributed by atoms with E-state index in [-0.39, 0.29) is 17.7 Å². The van der Waals surface area contributed by atoms with Crippen molar-refractivity contribution in [1.82, 2.24) is 9.78 Å². The maximum Gasteiger partial charge on any atom is 0.141 e. The van der Waals surface area contributed by atoms with Gasteiger partial charge in [-0.25, -0.2) is 0 Å². The summed E-state index contributed by atoms with van der Waals surface area (Å²) in [6, 6.07) is 0.0671. The number of hydrogen-bond donors (Lipinski definition) is 1. The maximum atomic E-state index is 12.2. The second-order valence-electron chi connectivity index (χ2n) is 4.90. The van der Waals surface area contributed by atoms with E-state index in [2.05, 4.69) is 5.10 Å². The number of nitrogens with zero attached hydrogens (tertiary/aromatic N) is 2. The van der Waals surface area contributed by atoms with Crippen molar-refractivity contribution in [3.63, 3.8) is 0 Å². The molecule has 1 saturated carbocycles. The van der Waals surface area contributed by atoms with Crippen LogP contribution < -0.4 is 5.73 Å². The molecule has 2 atom stereocenters. The largest absolute Gasteiger partial charge is 0.327 e. The van der Waals surface area contributed by atoms with Gasteiger partial charge in [0.05, 0.1) is 6.20 Å². The van der Waals surface area contributed by atoms with Gasteiger partial charge < -0.3 is 5.73 Å². The minimum Gasteiger partial charge on any atom is -0.327 e. The Kier molecular flexibility index (Phi) is 3.94. The van der Waals surface area contributed by atoms with Gasteiger partial charge in [0.25, 0.3) is 0 Å². The van der Waals surface area contributed by atoms with Crippen LogP contribution in [0.3, 0.4) is 0 Å². The molecule has 94 valence electrons. The van der Waals surface area contributed by atoms with Crippen LogP contribution in [-0.4, -0.2) is 21.6 Å². The lowest BCUT2D eigenvalue weighted by molar-refractivity contribution is -0.123. The molecule has 17 heavy (non-hydrogen) atoms. The summed E-state index contributed by atoms with van der Waals surface area (Å²) in [5.41, 5.74) is 7.03. The van der Waals surface area contributed by atoms with Crippen LogP contribution in [0.25, 0.3) is 0 Å². The van der Waals surface area contributed by atoms with Crippen molar-refractivity contribution in [1.29, 1.82) is 0 Å². The van der Waals surface area contributed by atoms with E-state index in [1.165, 1.54) is 6.42 Å². The van der Waals surface area contributed by atoms with Gasteiger partial charge in [-0.1, -0.05) is 12.8 Å². The number of rotatable bonds is 4. The molecule has 0 aromatic carbocycles. The first-order valence-corrected chi connectivity index (χ1v) is 6.50. The zero-order valence-corrected chi connectivity index (χ0v) is 10.4. The highest BCUT2D eigenvalue weighted by Crippen LogP contribution is 2.24. The standard InChI is InChI=1S/C13H21N3O/c1-2-16-9-10(8-15-16)7-13(17)11-5-3-4-6-12(11)14/h8-9,11-12H,2-7,14H2,1H3. The molecule has 2 rings (SSSR count). The summed E-state index contributed by atoms with van der Waals surface area (Å²) < 4.78 is 1.85. The van der Waals surface area contributed by atoms with E-state index in [1.807, 2.05) is 17.8 Å². The Hall–Kier alpha value is -1.16. The molecule has 0 radical (unpaired) electrons. The van der Waals surface area contributed by atoms with Crippen LogP contribution in [0.15, 0.2) is 12.4 Å². The van der Waals surface area contributed by atoms with Crippen LogP contribution in [0.2, 0.25) is 0 Å². The molecule has 1 fully saturated rings. The lowest BCUT2D eigenvalue weighted by Gasteiger charge is -2.27. The molecule has 2 N–H and O–H groups in total. The molecule has 1 aromatic heterocycles. The minimum atomic E-state index is 0.0636. The maximum absolute atomic E-state index is 12.2. The zero-order chi connectivity index (χ0) is 12.3. The van der Waals surface area contributed by atoms with Crippen molar-refractivity contribution < 1.29 is 4.79 Å². The van der Waals surface area contributed by atoms with Gasteiger partial charge in [0.2, 0.25) is 0 Å². The smallest absolute Gasteiger partial charge is 0.141 e. The third-order valence-electron chi connectivity index (χ3n) is 3.62. The van der Waals surface area contributed by atoms with E-state index in [1.54, 1.807) is 6.20 Å². The summed E-state index contributed by atoms with van der Waals surface area (Å²) in [6.07, 6.45) is 8.48. The lowest BCUT2D eigenvalue weighted by Crippen LogP contribution is -2.38. The number of carbonyl (C=O) groups is 1. The zero-order valence-electron chi connectivity index (χ0n) is 10.4. The van der Waals surface area contributed by atoms with Crippen molar-refractivity contribution in [2.75, 3.05) is 0 Å². The second kappa shape index (κ2) is 5.45. The summed E-state index contributed by atoms with van der Waals surface area (Å²) in [6.45, 7) is 2.88. The Morgan fingerprint density at radius 1 is 1.53 bits per heavy atom. The Morgan fingerprint density at radius 2 is 2.29 bits per heavy atom. The number of nitrogens with two attached hydrogens (primary N) is 1. The van der Waals surface area contributed by atoms with Gasteiger partial charge in [-0.15, -0.1) is 0 Å². The summed E-state index contributed by atoms with van der Waals surface area (Å²) >= 11 is 0. The highest BCUT2D eigenvalue weighted by atomic mass is 16.1. The predicted octanol–water partition coefficient (Wildman–Crippen LogP) is 1.53. The number of Topliss-reactive ketones (excluding diaryl/α,β-unsaturated/α-hetero) is 1. The number of aryl methyl sites for hydroxylation is 1. The molecule has 1 aliphatic carbocycles. The second-order valence-corrected chi connectivity index (χ2v) is 4.90.